The molecular weight excluding hydrogens is 618 g/mol. The van der Waals surface area contributed by atoms with Gasteiger partial charge < -0.3 is 21.1 Å². The predicted octanol–water partition coefficient (Wildman–Crippen LogP) is 6.68. The number of aromatic carboxylic acids is 1. The summed E-state index contributed by atoms with van der Waals surface area (Å²) in [5.74, 6) is -2.24. The van der Waals surface area contributed by atoms with Gasteiger partial charge in [0.15, 0.2) is 0 Å². The first kappa shape index (κ1) is 30.3. The third-order valence-corrected chi connectivity index (χ3v) is 7.51. The van der Waals surface area contributed by atoms with Gasteiger partial charge in [0.2, 0.25) is 5.91 Å². The number of carbonyl (C=O) groups excluding carboxylic acids is 3. The molecule has 0 aliphatic carbocycles. The van der Waals surface area contributed by atoms with Gasteiger partial charge in [-0.15, -0.1) is 11.8 Å². The molecule has 212 valence electrons. The van der Waals surface area contributed by atoms with Crippen LogP contribution in [-0.2, 0) is 9.59 Å². The molecule has 0 aliphatic heterocycles. The van der Waals surface area contributed by atoms with Crippen LogP contribution in [0.3, 0.4) is 0 Å². The number of hydrogen-bond donors (Lipinski definition) is 4. The quantitative estimate of drug-likeness (QED) is 0.113. The fourth-order valence-corrected chi connectivity index (χ4v) is 4.90. The van der Waals surface area contributed by atoms with Gasteiger partial charge in [-0.3, -0.25) is 14.4 Å². The second-order valence-electron chi connectivity index (χ2n) is 9.04. The first-order valence-electron chi connectivity index (χ1n) is 12.7. The summed E-state index contributed by atoms with van der Waals surface area (Å²) in [4.78, 5) is 50.7. The maximum absolute atomic E-state index is 13.4. The molecular formula is C32H26BrN3O5S. The minimum atomic E-state index is -1.04. The van der Waals surface area contributed by atoms with E-state index < -0.39 is 23.0 Å². The summed E-state index contributed by atoms with van der Waals surface area (Å²) < 4.78 is 0.882. The maximum atomic E-state index is 13.4. The van der Waals surface area contributed by atoms with E-state index in [0.717, 1.165) is 14.9 Å². The number of carboxylic acids is 1. The standard InChI is InChI=1S/C32H26BrN3O5S/c1-20(29(37)34-25-16-12-23(13-17-25)32(40)41)42-27-9-5-8-26(19-27)35-31(39)28(18-21-10-14-24(33)15-11-21)36-30(38)22-6-3-2-4-7-22/h2-20H,1H3,(H,34,37)(H,35,39)(H,36,38)(H,40,41)/b28-18-. The molecule has 4 N–H and O–H groups in total. The number of rotatable bonds is 10. The molecule has 1 atom stereocenters. The van der Waals surface area contributed by atoms with Crippen molar-refractivity contribution in [1.29, 1.82) is 0 Å². The van der Waals surface area contributed by atoms with E-state index in [1.807, 2.05) is 30.3 Å². The van der Waals surface area contributed by atoms with Crippen molar-refractivity contribution in [3.63, 3.8) is 0 Å². The van der Waals surface area contributed by atoms with Crippen molar-refractivity contribution in [2.75, 3.05) is 10.6 Å². The van der Waals surface area contributed by atoms with Gasteiger partial charge in [0.1, 0.15) is 5.70 Å². The number of amides is 3. The summed E-state index contributed by atoms with van der Waals surface area (Å²) in [7, 11) is 0. The van der Waals surface area contributed by atoms with E-state index in [9.17, 15) is 19.2 Å². The van der Waals surface area contributed by atoms with Crippen molar-refractivity contribution >= 4 is 68.8 Å². The Morgan fingerprint density at radius 2 is 1.48 bits per heavy atom. The van der Waals surface area contributed by atoms with Gasteiger partial charge >= 0.3 is 5.97 Å². The predicted molar refractivity (Wildman–Crippen MR) is 168 cm³/mol. The van der Waals surface area contributed by atoms with Crippen molar-refractivity contribution in [2.45, 2.75) is 17.1 Å². The van der Waals surface area contributed by atoms with Crippen LogP contribution in [0, 0.1) is 0 Å². The Hall–Kier alpha value is -4.67. The Balaban J connectivity index is 1.45. The van der Waals surface area contributed by atoms with E-state index in [2.05, 4.69) is 31.9 Å². The largest absolute Gasteiger partial charge is 0.478 e. The molecule has 0 spiro atoms. The highest BCUT2D eigenvalue weighted by Gasteiger charge is 2.18. The fraction of sp³-hybridized carbons (Fsp3) is 0.0625. The minimum Gasteiger partial charge on any atom is -0.478 e. The van der Waals surface area contributed by atoms with Crippen molar-refractivity contribution in [3.05, 3.63) is 130 Å². The van der Waals surface area contributed by atoms with Crippen molar-refractivity contribution in [2.24, 2.45) is 0 Å². The highest BCUT2D eigenvalue weighted by molar-refractivity contribution is 9.10. The third kappa shape index (κ3) is 8.66. The molecule has 0 saturated carbocycles. The lowest BCUT2D eigenvalue weighted by molar-refractivity contribution is -0.115. The van der Waals surface area contributed by atoms with Crippen LogP contribution in [0.4, 0.5) is 11.4 Å². The van der Waals surface area contributed by atoms with Crippen LogP contribution in [0.1, 0.15) is 33.2 Å². The van der Waals surface area contributed by atoms with Crippen LogP contribution in [-0.4, -0.2) is 34.0 Å². The minimum absolute atomic E-state index is 0.0610. The van der Waals surface area contributed by atoms with Crippen LogP contribution < -0.4 is 16.0 Å². The van der Waals surface area contributed by atoms with Crippen LogP contribution in [0.5, 0.6) is 0 Å². The molecule has 0 radical (unpaired) electrons. The topological polar surface area (TPSA) is 125 Å². The lowest BCUT2D eigenvalue weighted by Crippen LogP contribution is -2.30. The van der Waals surface area contributed by atoms with Crippen LogP contribution in [0.2, 0.25) is 0 Å². The average Bonchev–Trinajstić information content (AvgIpc) is 2.98. The summed E-state index contributed by atoms with van der Waals surface area (Å²) in [6.07, 6.45) is 1.59. The summed E-state index contributed by atoms with van der Waals surface area (Å²) >= 11 is 4.69. The van der Waals surface area contributed by atoms with Gasteiger partial charge in [0, 0.05) is 26.3 Å². The van der Waals surface area contributed by atoms with E-state index in [0.29, 0.717) is 16.9 Å². The Morgan fingerprint density at radius 1 is 0.786 bits per heavy atom. The van der Waals surface area contributed by atoms with E-state index in [1.165, 1.54) is 36.0 Å². The van der Waals surface area contributed by atoms with Gasteiger partial charge in [-0.1, -0.05) is 52.3 Å². The van der Waals surface area contributed by atoms with Crippen molar-refractivity contribution in [1.82, 2.24) is 5.32 Å². The third-order valence-electron chi connectivity index (χ3n) is 5.88. The molecule has 4 rings (SSSR count). The van der Waals surface area contributed by atoms with Gasteiger partial charge in [0.05, 0.1) is 10.8 Å². The van der Waals surface area contributed by atoms with Gasteiger partial charge in [0.25, 0.3) is 11.8 Å². The number of hydrogen-bond acceptors (Lipinski definition) is 5. The monoisotopic (exact) mass is 643 g/mol. The molecule has 42 heavy (non-hydrogen) atoms. The first-order chi connectivity index (χ1) is 20.2. The van der Waals surface area contributed by atoms with Crippen LogP contribution in [0.25, 0.3) is 6.08 Å². The molecule has 0 heterocycles. The number of carbonyl (C=O) groups is 4. The Labute approximate surface area is 255 Å². The lowest BCUT2D eigenvalue weighted by Gasteiger charge is -2.14. The number of carboxylic acid groups (broad SMARTS) is 1. The molecule has 0 aromatic heterocycles. The number of thioether (sulfide) groups is 1. The molecule has 1 unspecified atom stereocenters. The van der Waals surface area contributed by atoms with E-state index in [-0.39, 0.29) is 17.2 Å². The summed E-state index contributed by atoms with van der Waals surface area (Å²) in [6, 6.07) is 28.9. The molecule has 8 nitrogen and oxygen atoms in total. The van der Waals surface area contributed by atoms with Gasteiger partial charge in [-0.25, -0.2) is 4.79 Å². The fourth-order valence-electron chi connectivity index (χ4n) is 3.71. The number of nitrogens with one attached hydrogen (secondary N) is 3. The molecule has 0 fully saturated rings. The maximum Gasteiger partial charge on any atom is 0.335 e. The van der Waals surface area contributed by atoms with Crippen molar-refractivity contribution < 1.29 is 24.3 Å². The summed E-state index contributed by atoms with van der Waals surface area (Å²) in [6.45, 7) is 1.75. The van der Waals surface area contributed by atoms with E-state index in [4.69, 9.17) is 5.11 Å². The highest BCUT2D eigenvalue weighted by atomic mass is 79.9. The number of anilines is 2. The zero-order chi connectivity index (χ0) is 30.1. The van der Waals surface area contributed by atoms with Gasteiger partial charge in [-0.2, -0.15) is 0 Å². The molecule has 0 saturated heterocycles. The smallest absolute Gasteiger partial charge is 0.335 e. The molecule has 4 aromatic carbocycles. The summed E-state index contributed by atoms with van der Waals surface area (Å²) in [5, 5.41) is 16.9. The van der Waals surface area contributed by atoms with Crippen molar-refractivity contribution in [3.8, 4) is 0 Å². The van der Waals surface area contributed by atoms with Gasteiger partial charge in [-0.05, 0) is 85.3 Å². The molecule has 0 aliphatic rings. The Kier molecular flexibility index (Phi) is 10.3. The van der Waals surface area contributed by atoms with Crippen LogP contribution in [0.15, 0.2) is 118 Å². The molecule has 4 aromatic rings. The Morgan fingerprint density at radius 3 is 2.14 bits per heavy atom. The second kappa shape index (κ2) is 14.3. The first-order valence-corrected chi connectivity index (χ1v) is 14.4. The van der Waals surface area contributed by atoms with Crippen LogP contribution >= 0.6 is 27.7 Å². The normalized spacial score (nSPS) is 11.7. The molecule has 10 heteroatoms. The Bertz CT molecular complexity index is 1620. The lowest BCUT2D eigenvalue weighted by atomic mass is 10.1. The zero-order valence-electron chi connectivity index (χ0n) is 22.3. The van der Waals surface area contributed by atoms with E-state index >= 15 is 0 Å². The van der Waals surface area contributed by atoms with E-state index in [1.54, 1.807) is 61.5 Å². The number of halogens is 1. The summed E-state index contributed by atoms with van der Waals surface area (Å²) in [5.41, 5.74) is 2.29. The zero-order valence-corrected chi connectivity index (χ0v) is 24.7. The average molecular weight is 645 g/mol. The SMILES string of the molecule is CC(Sc1cccc(NC(=O)/C(=C/c2ccc(Br)cc2)NC(=O)c2ccccc2)c1)C(=O)Nc1ccc(C(=O)O)cc1. The highest BCUT2D eigenvalue weighted by Crippen LogP contribution is 2.27. The molecule has 0 bridgehead atoms. The second-order valence-corrected chi connectivity index (χ2v) is 11.4. The number of benzene rings is 4. The molecule has 3 amide bonds.